The molecule has 1 amide bonds. The monoisotopic (exact) mass is 530 g/mol. The summed E-state index contributed by atoms with van der Waals surface area (Å²) in [4.78, 5) is 29.6. The van der Waals surface area contributed by atoms with Crippen LogP contribution in [0.25, 0.3) is 11.5 Å². The Labute approximate surface area is 225 Å². The molecule has 3 aromatic heterocycles. The highest BCUT2D eigenvalue weighted by molar-refractivity contribution is 7.99. The molecule has 11 heteroatoms. The highest BCUT2D eigenvalue weighted by Crippen LogP contribution is 2.28. The first kappa shape index (κ1) is 25.8. The zero-order valence-corrected chi connectivity index (χ0v) is 22.3. The van der Waals surface area contributed by atoms with Gasteiger partial charge in [-0.2, -0.15) is 4.98 Å². The molecule has 0 spiro atoms. The van der Waals surface area contributed by atoms with Crippen LogP contribution in [0.2, 0.25) is 0 Å². The van der Waals surface area contributed by atoms with E-state index in [2.05, 4.69) is 35.4 Å². The maximum absolute atomic E-state index is 13.0. The number of benzene rings is 1. The Morgan fingerprint density at radius 1 is 1.11 bits per heavy atom. The van der Waals surface area contributed by atoms with Crippen molar-refractivity contribution >= 4 is 23.5 Å². The third-order valence-corrected chi connectivity index (χ3v) is 7.04. The van der Waals surface area contributed by atoms with Crippen molar-refractivity contribution in [2.24, 2.45) is 0 Å². The number of carbonyl (C=O) groups is 1. The number of rotatable bonds is 10. The van der Waals surface area contributed by atoms with Crippen molar-refractivity contribution < 1.29 is 9.53 Å². The lowest BCUT2D eigenvalue weighted by atomic mass is 10.2. The summed E-state index contributed by atoms with van der Waals surface area (Å²) in [6, 6.07) is 15.2. The van der Waals surface area contributed by atoms with Crippen molar-refractivity contribution in [3.63, 3.8) is 0 Å². The summed E-state index contributed by atoms with van der Waals surface area (Å²) in [5.41, 5.74) is 1.16. The molecule has 1 N–H and O–H groups in total. The van der Waals surface area contributed by atoms with Crippen LogP contribution >= 0.6 is 11.8 Å². The summed E-state index contributed by atoms with van der Waals surface area (Å²) in [7, 11) is 0. The maximum Gasteiger partial charge on any atom is 0.317 e. The van der Waals surface area contributed by atoms with Gasteiger partial charge in [-0.15, -0.1) is 10.2 Å². The van der Waals surface area contributed by atoms with E-state index >= 15 is 0 Å². The van der Waals surface area contributed by atoms with Gasteiger partial charge in [0.1, 0.15) is 29.5 Å². The number of anilines is 1. The van der Waals surface area contributed by atoms with E-state index in [1.807, 2.05) is 54.8 Å². The highest BCUT2D eigenvalue weighted by atomic mass is 32.2. The van der Waals surface area contributed by atoms with Crippen molar-refractivity contribution in [3.05, 3.63) is 66.6 Å². The van der Waals surface area contributed by atoms with Crippen LogP contribution in [0.15, 0.2) is 71.0 Å². The molecule has 1 fully saturated rings. The molecule has 1 saturated heterocycles. The fourth-order valence-electron chi connectivity index (χ4n) is 4.17. The topological polar surface area (TPSA) is 111 Å². The zero-order valence-electron chi connectivity index (χ0n) is 21.4. The van der Waals surface area contributed by atoms with Crippen LogP contribution in [0.4, 0.5) is 5.82 Å². The van der Waals surface area contributed by atoms with Crippen molar-refractivity contribution in [2.45, 2.75) is 42.7 Å². The van der Waals surface area contributed by atoms with Crippen molar-refractivity contribution in [1.29, 1.82) is 0 Å². The molecule has 0 saturated carbocycles. The molecule has 0 radical (unpaired) electrons. The van der Waals surface area contributed by atoms with Crippen LogP contribution in [-0.2, 0) is 0 Å². The Hall–Kier alpha value is -3.83. The lowest BCUT2D eigenvalue weighted by Gasteiger charge is -2.14. The van der Waals surface area contributed by atoms with Gasteiger partial charge in [-0.05, 0) is 76.2 Å². The Bertz CT molecular complexity index is 1390. The number of ether oxygens (including phenoxy) is 1. The summed E-state index contributed by atoms with van der Waals surface area (Å²) in [5, 5.41) is 11.8. The Balaban J connectivity index is 1.22. The molecule has 1 aliphatic rings. The van der Waals surface area contributed by atoms with Gasteiger partial charge in [-0.25, -0.2) is 9.97 Å². The predicted molar refractivity (Wildman–Crippen MR) is 145 cm³/mol. The molecule has 4 heterocycles. The Morgan fingerprint density at radius 3 is 2.79 bits per heavy atom. The van der Waals surface area contributed by atoms with E-state index in [1.165, 1.54) is 24.6 Å². The first-order valence-corrected chi connectivity index (χ1v) is 13.5. The molecular weight excluding hydrogens is 500 g/mol. The number of nitrogens with one attached hydrogen (secondary N) is 1. The highest BCUT2D eigenvalue weighted by Gasteiger charge is 2.14. The summed E-state index contributed by atoms with van der Waals surface area (Å²) in [6.07, 6.45) is 5.88. The number of nitrogens with zero attached hydrogens (tertiary/aromatic N) is 7. The molecule has 10 nitrogen and oxygen atoms in total. The molecule has 196 valence electrons. The van der Waals surface area contributed by atoms with E-state index in [1.54, 1.807) is 24.7 Å². The number of aromatic nitrogens is 6. The molecule has 1 aromatic carbocycles. The normalized spacial score (nSPS) is 13.7. The number of carbonyl (C=O) groups excluding carboxylic acids is 1. The summed E-state index contributed by atoms with van der Waals surface area (Å²) >= 11 is 1.45. The smallest absolute Gasteiger partial charge is 0.317 e. The second-order valence-electron chi connectivity index (χ2n) is 9.22. The quantitative estimate of drug-likeness (QED) is 0.294. The van der Waals surface area contributed by atoms with Gasteiger partial charge >= 0.3 is 6.01 Å². The zero-order chi connectivity index (χ0) is 26.3. The second kappa shape index (κ2) is 12.1. The SMILES string of the molecule is CC(C)n1cnnc1-c1cccc(NC(=O)c2cccc(Sc3ccnc(OCCN4CCCC4)n3)c2)n1. The van der Waals surface area contributed by atoms with Crippen LogP contribution in [0.5, 0.6) is 6.01 Å². The van der Waals surface area contributed by atoms with Gasteiger partial charge in [0.15, 0.2) is 5.82 Å². The molecule has 0 atom stereocenters. The molecule has 0 aliphatic carbocycles. The van der Waals surface area contributed by atoms with E-state index in [-0.39, 0.29) is 11.9 Å². The van der Waals surface area contributed by atoms with Gasteiger partial charge in [-0.1, -0.05) is 23.9 Å². The van der Waals surface area contributed by atoms with Gasteiger partial charge in [-0.3, -0.25) is 9.69 Å². The summed E-state index contributed by atoms with van der Waals surface area (Å²) in [6.45, 7) is 7.81. The number of amides is 1. The second-order valence-corrected chi connectivity index (χ2v) is 10.3. The lowest BCUT2D eigenvalue weighted by molar-refractivity contribution is 0.102. The lowest BCUT2D eigenvalue weighted by Crippen LogP contribution is -2.25. The fraction of sp³-hybridized carbons (Fsp3) is 0.333. The third kappa shape index (κ3) is 6.53. The summed E-state index contributed by atoms with van der Waals surface area (Å²) in [5.74, 6) is 0.838. The van der Waals surface area contributed by atoms with Gasteiger partial charge in [0.05, 0.1) is 0 Å². The van der Waals surface area contributed by atoms with Crippen molar-refractivity contribution in [1.82, 2.24) is 34.6 Å². The van der Waals surface area contributed by atoms with E-state index in [9.17, 15) is 4.79 Å². The molecular formula is C27H30N8O2S. The van der Waals surface area contributed by atoms with Crippen molar-refractivity contribution in [3.8, 4) is 17.5 Å². The third-order valence-electron chi connectivity index (χ3n) is 6.11. The summed E-state index contributed by atoms with van der Waals surface area (Å²) < 4.78 is 7.71. The van der Waals surface area contributed by atoms with Crippen LogP contribution in [0, 0.1) is 0 Å². The van der Waals surface area contributed by atoms with Crippen LogP contribution in [-0.4, -0.2) is 66.8 Å². The first-order chi connectivity index (χ1) is 18.5. The fourth-order valence-corrected chi connectivity index (χ4v) is 4.99. The Kier molecular flexibility index (Phi) is 8.25. The molecule has 5 rings (SSSR count). The van der Waals surface area contributed by atoms with E-state index in [4.69, 9.17) is 4.74 Å². The molecule has 1 aliphatic heterocycles. The maximum atomic E-state index is 13.0. The largest absolute Gasteiger partial charge is 0.462 e. The minimum absolute atomic E-state index is 0.188. The van der Waals surface area contributed by atoms with Crippen LogP contribution in [0.1, 0.15) is 43.1 Å². The van der Waals surface area contributed by atoms with Gasteiger partial charge < -0.3 is 14.6 Å². The van der Waals surface area contributed by atoms with Crippen LogP contribution in [0.3, 0.4) is 0 Å². The first-order valence-electron chi connectivity index (χ1n) is 12.7. The van der Waals surface area contributed by atoms with E-state index < -0.39 is 0 Å². The van der Waals surface area contributed by atoms with Crippen molar-refractivity contribution in [2.75, 3.05) is 31.6 Å². The minimum Gasteiger partial charge on any atom is -0.462 e. The standard InChI is InChI=1S/C27H30N8O2S/c1-19(2)35-18-29-33-25(35)22-9-6-10-23(30-22)31-26(36)20-7-5-8-21(17-20)38-24-11-12-28-27(32-24)37-16-15-34-13-3-4-14-34/h5-12,17-19H,3-4,13-16H2,1-2H3,(H,30,31,36). The van der Waals surface area contributed by atoms with Gasteiger partial charge in [0.2, 0.25) is 0 Å². The van der Waals surface area contributed by atoms with E-state index in [0.29, 0.717) is 35.5 Å². The molecule has 0 bridgehead atoms. The average Bonchev–Trinajstić information content (AvgIpc) is 3.62. The van der Waals surface area contributed by atoms with Crippen LogP contribution < -0.4 is 10.1 Å². The average molecular weight is 531 g/mol. The molecule has 38 heavy (non-hydrogen) atoms. The number of likely N-dealkylation sites (tertiary alicyclic amines) is 1. The Morgan fingerprint density at radius 2 is 1.95 bits per heavy atom. The number of hydrogen-bond acceptors (Lipinski definition) is 9. The molecule has 4 aromatic rings. The number of hydrogen-bond donors (Lipinski definition) is 1. The van der Waals surface area contributed by atoms with E-state index in [0.717, 1.165) is 29.6 Å². The minimum atomic E-state index is -0.254. The van der Waals surface area contributed by atoms with Gasteiger partial charge in [0.25, 0.3) is 5.91 Å². The predicted octanol–water partition coefficient (Wildman–Crippen LogP) is 4.59. The molecule has 0 unspecified atom stereocenters. The van der Waals surface area contributed by atoms with Gasteiger partial charge in [0, 0.05) is 29.2 Å². The number of pyridine rings is 1.